The quantitative estimate of drug-likeness (QED) is 0.266. The first-order valence-electron chi connectivity index (χ1n) is 14.9. The number of aromatic amines is 1. The number of aromatic nitrogens is 6. The minimum absolute atomic E-state index is 0.0359. The maximum atomic E-state index is 14.0. The molecule has 0 aliphatic carbocycles. The summed E-state index contributed by atoms with van der Waals surface area (Å²) in [5.41, 5.74) is 6.40. The van der Waals surface area contributed by atoms with Crippen molar-refractivity contribution in [2.75, 3.05) is 6.54 Å². The number of rotatable bonds is 7. The molecule has 7 heterocycles. The highest BCUT2D eigenvalue weighted by Crippen LogP contribution is 2.47. The van der Waals surface area contributed by atoms with Crippen LogP contribution in [0.4, 0.5) is 4.39 Å². The van der Waals surface area contributed by atoms with Gasteiger partial charge in [0.05, 0.1) is 46.4 Å². The minimum Gasteiger partial charge on any atom is -0.388 e. The zero-order valence-corrected chi connectivity index (χ0v) is 24.4. The molecule has 0 saturated carbocycles. The number of halogens is 1. The zero-order valence-electron chi connectivity index (χ0n) is 24.4. The van der Waals surface area contributed by atoms with E-state index in [1.165, 1.54) is 12.1 Å². The zero-order chi connectivity index (χ0) is 31.4. The predicted octanol–water partition coefficient (Wildman–Crippen LogP) is 4.97. The van der Waals surface area contributed by atoms with Crippen molar-refractivity contribution in [2.45, 2.75) is 38.3 Å². The second kappa shape index (κ2) is 10.9. The monoisotopic (exact) mass is 612 g/mol. The summed E-state index contributed by atoms with van der Waals surface area (Å²) in [6.07, 6.45) is 7.85. The molecule has 226 valence electrons. The van der Waals surface area contributed by atoms with Crippen LogP contribution in [0.1, 0.15) is 57.5 Å². The molecule has 1 N–H and O–H groups in total. The van der Waals surface area contributed by atoms with Gasteiger partial charge in [-0.1, -0.05) is 12.1 Å². The Morgan fingerprint density at radius 1 is 1.02 bits per heavy atom. The van der Waals surface area contributed by atoms with E-state index < -0.39 is 5.76 Å². The Hall–Kier alpha value is -5.96. The number of nitriles is 1. The molecule has 0 bridgehead atoms. The lowest BCUT2D eigenvalue weighted by Crippen LogP contribution is -2.23. The molecule has 0 unspecified atom stereocenters. The number of nitrogens with zero attached hydrogens (tertiary/aromatic N) is 7. The van der Waals surface area contributed by atoms with E-state index in [9.17, 15) is 14.0 Å². The average molecular weight is 613 g/mol. The molecule has 2 aliphatic heterocycles. The van der Waals surface area contributed by atoms with Crippen LogP contribution in [-0.2, 0) is 19.4 Å². The molecule has 12 heteroatoms. The number of hydrogen-bond donors (Lipinski definition) is 1. The molecule has 46 heavy (non-hydrogen) atoms. The lowest BCUT2D eigenvalue weighted by molar-refractivity contribution is 0.0776. The van der Waals surface area contributed by atoms with Crippen LogP contribution in [0.15, 0.2) is 76.3 Å². The van der Waals surface area contributed by atoms with E-state index in [1.54, 1.807) is 30.6 Å². The van der Waals surface area contributed by atoms with Crippen LogP contribution in [0, 0.1) is 17.1 Å². The summed E-state index contributed by atoms with van der Waals surface area (Å²) in [6, 6.07) is 15.7. The fourth-order valence-electron chi connectivity index (χ4n) is 6.60. The van der Waals surface area contributed by atoms with Gasteiger partial charge in [0.15, 0.2) is 0 Å². The van der Waals surface area contributed by atoms with Gasteiger partial charge in [-0.05, 0) is 67.6 Å². The molecule has 0 radical (unpaired) electrons. The molecule has 6 aromatic rings. The van der Waals surface area contributed by atoms with Crippen LogP contribution in [0.5, 0.6) is 0 Å². The maximum absolute atomic E-state index is 14.0. The summed E-state index contributed by atoms with van der Waals surface area (Å²) in [5, 5.41) is 16.5. The second-order valence-electron chi connectivity index (χ2n) is 11.5. The van der Waals surface area contributed by atoms with Crippen molar-refractivity contribution in [3.8, 4) is 28.7 Å². The number of aryl methyl sites for hydroxylation is 2. The van der Waals surface area contributed by atoms with Crippen molar-refractivity contribution in [3.63, 3.8) is 0 Å². The molecule has 11 nitrogen and oxygen atoms in total. The van der Waals surface area contributed by atoms with Gasteiger partial charge in [-0.25, -0.2) is 19.3 Å². The van der Waals surface area contributed by atoms with Crippen molar-refractivity contribution in [3.05, 3.63) is 117 Å². The third kappa shape index (κ3) is 4.64. The van der Waals surface area contributed by atoms with E-state index in [4.69, 9.17) is 19.6 Å². The minimum atomic E-state index is -0.722. The Kier molecular flexibility index (Phi) is 6.53. The number of H-pyrrole nitrogens is 1. The van der Waals surface area contributed by atoms with E-state index in [1.807, 2.05) is 33.9 Å². The van der Waals surface area contributed by atoms with Crippen molar-refractivity contribution >= 4 is 16.9 Å². The van der Waals surface area contributed by atoms with Crippen LogP contribution in [0.25, 0.3) is 33.6 Å². The highest BCUT2D eigenvalue weighted by atomic mass is 19.1. The lowest BCUT2D eigenvalue weighted by atomic mass is 9.90. The standard InChI is InChI=1S/C34H25FN8O3/c35-23-7-3-19(4-8-23)6-10-25-28(32-40-41-34(45)46-32)27(29-30(39-25)26-2-1-12-43(26)33(29)44)22-14-21-11-13-42(31(21)38-17-22)18-24-9-5-20(15-36)16-37-24/h3-5,7-9,11,13-14,16-17,26H,1-2,6,10,12,18H2,(H,41,45)/t26-/m1/s1. The summed E-state index contributed by atoms with van der Waals surface area (Å²) in [5.74, 6) is -1.12. The van der Waals surface area contributed by atoms with Gasteiger partial charge in [-0.3, -0.25) is 14.8 Å². The van der Waals surface area contributed by atoms with Crippen LogP contribution in [0.3, 0.4) is 0 Å². The van der Waals surface area contributed by atoms with E-state index in [-0.39, 0.29) is 23.7 Å². The Morgan fingerprint density at radius 2 is 1.89 bits per heavy atom. The number of pyridine rings is 3. The SMILES string of the molecule is N#Cc1ccc(Cn2ccc3cc(-c4c5c(nc(CCc6ccc(F)cc6)c4-c4n[nH]c(=O)o4)[C@H]4CCCN4C5=O)cnc32)nc1. The van der Waals surface area contributed by atoms with Crippen LogP contribution in [-0.4, -0.2) is 47.1 Å². The van der Waals surface area contributed by atoms with Crippen LogP contribution < -0.4 is 5.76 Å². The van der Waals surface area contributed by atoms with E-state index in [2.05, 4.69) is 21.3 Å². The van der Waals surface area contributed by atoms with E-state index in [0.29, 0.717) is 65.1 Å². The van der Waals surface area contributed by atoms with Gasteiger partial charge >= 0.3 is 5.76 Å². The molecule has 1 fully saturated rings. The lowest BCUT2D eigenvalue weighted by Gasteiger charge is -2.17. The average Bonchev–Trinajstić information content (AvgIpc) is 3.87. The first-order chi connectivity index (χ1) is 22.5. The fraction of sp³-hybridized carbons (Fsp3) is 0.206. The number of amides is 1. The van der Waals surface area contributed by atoms with Crippen molar-refractivity contribution in [2.24, 2.45) is 0 Å². The maximum Gasteiger partial charge on any atom is 0.434 e. The normalized spacial score (nSPS) is 15.3. The second-order valence-corrected chi connectivity index (χ2v) is 11.5. The largest absolute Gasteiger partial charge is 0.434 e. The molecule has 2 aliphatic rings. The summed E-state index contributed by atoms with van der Waals surface area (Å²) >= 11 is 0. The predicted molar refractivity (Wildman–Crippen MR) is 164 cm³/mol. The molecule has 8 rings (SSSR count). The van der Waals surface area contributed by atoms with Crippen molar-refractivity contribution in [1.82, 2.24) is 34.6 Å². The molecule has 1 saturated heterocycles. The molecular formula is C34H25FN8O3. The Morgan fingerprint density at radius 3 is 2.65 bits per heavy atom. The number of carbonyl (C=O) groups is 1. The summed E-state index contributed by atoms with van der Waals surface area (Å²) < 4.78 is 21.1. The molecular weight excluding hydrogens is 587 g/mol. The third-order valence-electron chi connectivity index (χ3n) is 8.74. The number of nitrogens with one attached hydrogen (secondary N) is 1. The Labute approximate surface area is 261 Å². The smallest absolute Gasteiger partial charge is 0.388 e. The highest BCUT2D eigenvalue weighted by molar-refractivity contribution is 6.08. The van der Waals surface area contributed by atoms with Gasteiger partial charge in [-0.15, -0.1) is 5.10 Å². The van der Waals surface area contributed by atoms with Gasteiger partial charge in [0, 0.05) is 41.6 Å². The number of benzene rings is 1. The van der Waals surface area contributed by atoms with Gasteiger partial charge < -0.3 is 13.9 Å². The first-order valence-corrected chi connectivity index (χ1v) is 14.9. The molecule has 5 aromatic heterocycles. The van der Waals surface area contributed by atoms with Crippen LogP contribution in [0.2, 0.25) is 0 Å². The number of hydrogen-bond acceptors (Lipinski definition) is 8. The molecule has 1 aromatic carbocycles. The number of carbonyl (C=O) groups excluding carboxylic acids is 1. The molecule has 1 atom stereocenters. The van der Waals surface area contributed by atoms with Crippen molar-refractivity contribution in [1.29, 1.82) is 5.26 Å². The van der Waals surface area contributed by atoms with Gasteiger partial charge in [-0.2, -0.15) is 5.26 Å². The van der Waals surface area contributed by atoms with Gasteiger partial charge in [0.2, 0.25) is 0 Å². The molecule has 1 amide bonds. The highest BCUT2D eigenvalue weighted by Gasteiger charge is 2.44. The topological polar surface area (TPSA) is 147 Å². The fourth-order valence-corrected chi connectivity index (χ4v) is 6.60. The van der Waals surface area contributed by atoms with E-state index in [0.717, 1.165) is 35.1 Å². The van der Waals surface area contributed by atoms with Gasteiger partial charge in [0.25, 0.3) is 11.8 Å². The Balaban J connectivity index is 1.28. The first kappa shape index (κ1) is 27.6. The summed E-state index contributed by atoms with van der Waals surface area (Å²) in [4.78, 5) is 42.3. The van der Waals surface area contributed by atoms with Crippen LogP contribution >= 0.6 is 0 Å². The summed E-state index contributed by atoms with van der Waals surface area (Å²) in [7, 11) is 0. The number of fused-ring (bicyclic) bond motifs is 4. The Bertz CT molecular complexity index is 2250. The third-order valence-corrected chi connectivity index (χ3v) is 8.74. The van der Waals surface area contributed by atoms with Crippen molar-refractivity contribution < 1.29 is 13.6 Å². The molecule has 0 spiro atoms. The van der Waals surface area contributed by atoms with E-state index >= 15 is 0 Å². The van der Waals surface area contributed by atoms with Gasteiger partial charge in [0.1, 0.15) is 17.5 Å². The summed E-state index contributed by atoms with van der Waals surface area (Å²) in [6.45, 7) is 1.10.